The first-order valence-electron chi connectivity index (χ1n) is 7.47. The predicted molar refractivity (Wildman–Crippen MR) is 75.4 cm³/mol. The molecule has 4 heteroatoms. The lowest BCUT2D eigenvalue weighted by Crippen LogP contribution is -2.56. The molecule has 2 fully saturated rings. The Kier molecular flexibility index (Phi) is 4.88. The molecule has 0 bridgehead atoms. The Balaban J connectivity index is 2.07. The third-order valence-corrected chi connectivity index (χ3v) is 4.99. The van der Waals surface area contributed by atoms with Crippen LogP contribution in [-0.4, -0.2) is 51.2 Å². The Morgan fingerprint density at radius 1 is 1.26 bits per heavy atom. The van der Waals surface area contributed by atoms with Crippen molar-refractivity contribution in [3.05, 3.63) is 0 Å². The predicted octanol–water partition coefficient (Wildman–Crippen LogP) is 1.98. The van der Waals surface area contributed by atoms with Gasteiger partial charge in [-0.2, -0.15) is 0 Å². The lowest BCUT2D eigenvalue weighted by molar-refractivity contribution is -0.158. The van der Waals surface area contributed by atoms with Gasteiger partial charge in [0, 0.05) is 33.0 Å². The molecule has 2 rings (SSSR count). The zero-order valence-corrected chi connectivity index (χ0v) is 12.8. The van der Waals surface area contributed by atoms with Gasteiger partial charge in [0.05, 0.1) is 11.2 Å². The summed E-state index contributed by atoms with van der Waals surface area (Å²) in [5.74, 6) is 0.604. The van der Waals surface area contributed by atoms with Crippen LogP contribution in [0.25, 0.3) is 0 Å². The van der Waals surface area contributed by atoms with Crippen LogP contribution in [0.3, 0.4) is 0 Å². The van der Waals surface area contributed by atoms with Crippen molar-refractivity contribution in [2.45, 2.75) is 56.8 Å². The number of likely N-dealkylation sites (N-methyl/N-ethyl adjacent to an activating group) is 1. The quantitative estimate of drug-likeness (QED) is 0.848. The van der Waals surface area contributed by atoms with Crippen molar-refractivity contribution in [1.82, 2.24) is 5.32 Å². The van der Waals surface area contributed by atoms with E-state index in [0.29, 0.717) is 12.0 Å². The highest BCUT2D eigenvalue weighted by molar-refractivity contribution is 4.97. The molecular weight excluding hydrogens is 242 g/mol. The Hall–Kier alpha value is -0.160. The first kappa shape index (κ1) is 15.2. The molecule has 112 valence electrons. The fraction of sp³-hybridized carbons (Fsp3) is 1.00. The van der Waals surface area contributed by atoms with Crippen molar-refractivity contribution in [3.63, 3.8) is 0 Å². The number of hydrogen-bond donors (Lipinski definition) is 1. The highest BCUT2D eigenvalue weighted by atomic mass is 16.5. The summed E-state index contributed by atoms with van der Waals surface area (Å²) in [5, 5.41) is 3.47. The molecular formula is C15H29NO3. The summed E-state index contributed by atoms with van der Waals surface area (Å²) in [6.45, 7) is 6.87. The number of methoxy groups -OCH3 is 1. The summed E-state index contributed by atoms with van der Waals surface area (Å²) in [6.07, 6.45) is 4.30. The second kappa shape index (κ2) is 6.08. The van der Waals surface area contributed by atoms with Gasteiger partial charge < -0.3 is 19.5 Å². The lowest BCUT2D eigenvalue weighted by Gasteiger charge is -2.48. The van der Waals surface area contributed by atoms with Crippen molar-refractivity contribution in [1.29, 1.82) is 0 Å². The highest BCUT2D eigenvalue weighted by Gasteiger charge is 2.44. The summed E-state index contributed by atoms with van der Waals surface area (Å²) in [7, 11) is 3.84. The third kappa shape index (κ3) is 3.30. The smallest absolute Gasteiger partial charge is 0.0777 e. The molecule has 0 saturated carbocycles. The Morgan fingerprint density at radius 2 is 1.95 bits per heavy atom. The first-order chi connectivity index (χ1) is 9.03. The van der Waals surface area contributed by atoms with Gasteiger partial charge in [0.15, 0.2) is 0 Å². The van der Waals surface area contributed by atoms with Crippen LogP contribution in [0.1, 0.15) is 39.5 Å². The molecule has 0 aromatic heterocycles. The van der Waals surface area contributed by atoms with E-state index in [2.05, 4.69) is 19.2 Å². The summed E-state index contributed by atoms with van der Waals surface area (Å²) < 4.78 is 17.3. The molecule has 0 radical (unpaired) electrons. The highest BCUT2D eigenvalue weighted by Crippen LogP contribution is 2.40. The van der Waals surface area contributed by atoms with Gasteiger partial charge in [0.25, 0.3) is 0 Å². The van der Waals surface area contributed by atoms with Gasteiger partial charge in [-0.3, -0.25) is 0 Å². The molecule has 1 spiro atoms. The van der Waals surface area contributed by atoms with E-state index in [0.717, 1.165) is 45.5 Å². The van der Waals surface area contributed by atoms with Crippen LogP contribution in [0.15, 0.2) is 0 Å². The van der Waals surface area contributed by atoms with Gasteiger partial charge in [-0.1, -0.05) is 0 Å². The van der Waals surface area contributed by atoms with E-state index < -0.39 is 0 Å². The summed E-state index contributed by atoms with van der Waals surface area (Å²) in [4.78, 5) is 0. The summed E-state index contributed by atoms with van der Waals surface area (Å²) >= 11 is 0. The summed E-state index contributed by atoms with van der Waals surface area (Å²) in [6, 6.07) is 0.362. The molecule has 0 aromatic carbocycles. The van der Waals surface area contributed by atoms with E-state index >= 15 is 0 Å². The van der Waals surface area contributed by atoms with Gasteiger partial charge in [0.1, 0.15) is 0 Å². The van der Waals surface area contributed by atoms with E-state index in [9.17, 15) is 0 Å². The van der Waals surface area contributed by atoms with Crippen molar-refractivity contribution in [2.75, 3.05) is 34.0 Å². The standard InChI is InChI=1S/C15H29NO3/c1-14(2,17-4)13(16-3)12-5-8-19-15(11-12)6-9-18-10-7-15/h12-13,16H,5-11H2,1-4H3. The van der Waals surface area contributed by atoms with Crippen molar-refractivity contribution >= 4 is 0 Å². The largest absolute Gasteiger partial charge is 0.381 e. The molecule has 4 nitrogen and oxygen atoms in total. The van der Waals surface area contributed by atoms with Crippen molar-refractivity contribution < 1.29 is 14.2 Å². The van der Waals surface area contributed by atoms with Crippen LogP contribution < -0.4 is 5.32 Å². The SMILES string of the molecule is CNC(C1CCOC2(CCOCC2)C1)C(C)(C)OC. The van der Waals surface area contributed by atoms with E-state index in [4.69, 9.17) is 14.2 Å². The van der Waals surface area contributed by atoms with Crippen LogP contribution in [0.2, 0.25) is 0 Å². The van der Waals surface area contributed by atoms with Crippen molar-refractivity contribution in [3.8, 4) is 0 Å². The van der Waals surface area contributed by atoms with Crippen molar-refractivity contribution in [2.24, 2.45) is 5.92 Å². The molecule has 1 N–H and O–H groups in total. The minimum absolute atomic E-state index is 0.0556. The Morgan fingerprint density at radius 3 is 2.53 bits per heavy atom. The second-order valence-electron chi connectivity index (χ2n) is 6.47. The maximum absolute atomic E-state index is 6.13. The molecule has 2 saturated heterocycles. The Bertz CT molecular complexity index is 282. The molecule has 2 heterocycles. The maximum atomic E-state index is 6.13. The van der Waals surface area contributed by atoms with E-state index in [1.807, 2.05) is 7.05 Å². The van der Waals surface area contributed by atoms with Gasteiger partial charge >= 0.3 is 0 Å². The van der Waals surface area contributed by atoms with Gasteiger partial charge in [-0.05, 0) is 52.5 Å². The molecule has 2 aliphatic rings. The minimum Gasteiger partial charge on any atom is -0.381 e. The van der Waals surface area contributed by atoms with Crippen LogP contribution >= 0.6 is 0 Å². The van der Waals surface area contributed by atoms with Gasteiger partial charge in [-0.15, -0.1) is 0 Å². The second-order valence-corrected chi connectivity index (χ2v) is 6.47. The number of rotatable bonds is 4. The zero-order chi connectivity index (χ0) is 13.9. The monoisotopic (exact) mass is 271 g/mol. The lowest BCUT2D eigenvalue weighted by atomic mass is 9.74. The third-order valence-electron chi connectivity index (χ3n) is 4.99. The number of ether oxygens (including phenoxy) is 3. The maximum Gasteiger partial charge on any atom is 0.0777 e. The molecule has 2 atom stereocenters. The van der Waals surface area contributed by atoms with Crippen LogP contribution in [0.4, 0.5) is 0 Å². The first-order valence-corrected chi connectivity index (χ1v) is 7.47. The van der Waals surface area contributed by atoms with E-state index in [1.54, 1.807) is 7.11 Å². The molecule has 19 heavy (non-hydrogen) atoms. The average Bonchev–Trinajstić information content (AvgIpc) is 2.40. The molecule has 0 amide bonds. The topological polar surface area (TPSA) is 39.7 Å². The molecule has 0 aromatic rings. The fourth-order valence-corrected chi connectivity index (χ4v) is 3.72. The fourth-order valence-electron chi connectivity index (χ4n) is 3.72. The minimum atomic E-state index is -0.150. The number of hydrogen-bond acceptors (Lipinski definition) is 4. The van der Waals surface area contributed by atoms with E-state index in [1.165, 1.54) is 0 Å². The Labute approximate surface area is 117 Å². The zero-order valence-electron chi connectivity index (χ0n) is 12.8. The van der Waals surface area contributed by atoms with E-state index in [-0.39, 0.29) is 11.2 Å². The molecule has 0 aliphatic carbocycles. The number of nitrogens with one attached hydrogen (secondary N) is 1. The molecule has 2 unspecified atom stereocenters. The van der Waals surface area contributed by atoms with Crippen LogP contribution in [0.5, 0.6) is 0 Å². The molecule has 2 aliphatic heterocycles. The van der Waals surface area contributed by atoms with Crippen LogP contribution in [0, 0.1) is 5.92 Å². The average molecular weight is 271 g/mol. The van der Waals surface area contributed by atoms with Gasteiger partial charge in [0.2, 0.25) is 0 Å². The van der Waals surface area contributed by atoms with Crippen LogP contribution in [-0.2, 0) is 14.2 Å². The normalized spacial score (nSPS) is 29.4. The summed E-state index contributed by atoms with van der Waals surface area (Å²) in [5.41, 5.74) is -0.0940. The van der Waals surface area contributed by atoms with Gasteiger partial charge in [-0.25, -0.2) is 0 Å².